The zero-order chi connectivity index (χ0) is 15.9. The second-order valence-electron chi connectivity index (χ2n) is 4.72. The molecule has 0 saturated carbocycles. The fraction of sp³-hybridized carbons (Fsp3) is 0.250. The SMILES string of the molecule is COc1ccc(CN(Cc2ccc(OC)cc2)S(=O)O)cc1. The smallest absolute Gasteiger partial charge is 0.235 e. The maximum absolute atomic E-state index is 11.5. The molecule has 118 valence electrons. The first-order chi connectivity index (χ1) is 10.6. The number of ether oxygens (including phenoxy) is 2. The molecule has 0 aliphatic rings. The van der Waals surface area contributed by atoms with Crippen molar-refractivity contribution in [2.24, 2.45) is 0 Å². The number of benzene rings is 2. The molecule has 0 aliphatic heterocycles. The highest BCUT2D eigenvalue weighted by atomic mass is 32.2. The lowest BCUT2D eigenvalue weighted by molar-refractivity contribution is 0.385. The third kappa shape index (κ3) is 4.56. The normalized spacial score (nSPS) is 12.2. The van der Waals surface area contributed by atoms with E-state index in [4.69, 9.17) is 9.47 Å². The number of hydrogen-bond donors (Lipinski definition) is 1. The van der Waals surface area contributed by atoms with Crippen molar-refractivity contribution in [1.82, 2.24) is 4.31 Å². The molecule has 1 unspecified atom stereocenters. The third-order valence-electron chi connectivity index (χ3n) is 3.26. The maximum Gasteiger partial charge on any atom is 0.235 e. The summed E-state index contributed by atoms with van der Waals surface area (Å²) in [4.78, 5) is 0. The highest BCUT2D eigenvalue weighted by Gasteiger charge is 2.13. The second-order valence-corrected chi connectivity index (χ2v) is 5.70. The van der Waals surface area contributed by atoms with Gasteiger partial charge in [0, 0.05) is 13.1 Å². The first kappa shape index (κ1) is 16.5. The predicted molar refractivity (Wildman–Crippen MR) is 86.0 cm³/mol. The van der Waals surface area contributed by atoms with Crippen LogP contribution in [-0.2, 0) is 24.4 Å². The molecule has 1 atom stereocenters. The molecule has 22 heavy (non-hydrogen) atoms. The lowest BCUT2D eigenvalue weighted by Crippen LogP contribution is -2.24. The quantitative estimate of drug-likeness (QED) is 0.797. The highest BCUT2D eigenvalue weighted by molar-refractivity contribution is 7.76. The number of nitrogens with zero attached hydrogens (tertiary/aromatic N) is 1. The fourth-order valence-electron chi connectivity index (χ4n) is 2.04. The largest absolute Gasteiger partial charge is 0.497 e. The molecule has 2 rings (SSSR count). The summed E-state index contributed by atoms with van der Waals surface area (Å²) >= 11 is -2.05. The minimum atomic E-state index is -2.05. The minimum Gasteiger partial charge on any atom is -0.497 e. The van der Waals surface area contributed by atoms with Crippen LogP contribution in [0.5, 0.6) is 11.5 Å². The molecule has 0 heterocycles. The van der Waals surface area contributed by atoms with Crippen LogP contribution in [0.4, 0.5) is 0 Å². The van der Waals surface area contributed by atoms with Gasteiger partial charge in [0.1, 0.15) is 11.5 Å². The summed E-state index contributed by atoms with van der Waals surface area (Å²) < 4.78 is 32.7. The molecule has 1 N–H and O–H groups in total. The van der Waals surface area contributed by atoms with Crippen LogP contribution in [0.25, 0.3) is 0 Å². The average Bonchev–Trinajstić information content (AvgIpc) is 2.55. The molecule has 6 heteroatoms. The van der Waals surface area contributed by atoms with Gasteiger partial charge in [-0.15, -0.1) is 0 Å². The van der Waals surface area contributed by atoms with Gasteiger partial charge in [-0.25, -0.2) is 4.21 Å². The summed E-state index contributed by atoms with van der Waals surface area (Å²) in [6.45, 7) is 0.748. The highest BCUT2D eigenvalue weighted by Crippen LogP contribution is 2.17. The Bertz CT molecular complexity index is 564. The van der Waals surface area contributed by atoms with Crippen LogP contribution in [0.2, 0.25) is 0 Å². The topological polar surface area (TPSA) is 59.0 Å². The van der Waals surface area contributed by atoms with E-state index in [-0.39, 0.29) is 0 Å². The van der Waals surface area contributed by atoms with Gasteiger partial charge in [0.05, 0.1) is 14.2 Å². The van der Waals surface area contributed by atoms with Crippen molar-refractivity contribution in [3.8, 4) is 11.5 Å². The van der Waals surface area contributed by atoms with E-state index in [0.717, 1.165) is 22.6 Å². The van der Waals surface area contributed by atoms with E-state index in [2.05, 4.69) is 0 Å². The number of methoxy groups -OCH3 is 2. The monoisotopic (exact) mass is 321 g/mol. The summed E-state index contributed by atoms with van der Waals surface area (Å²) in [6, 6.07) is 14.9. The summed E-state index contributed by atoms with van der Waals surface area (Å²) in [7, 11) is 3.21. The molecular weight excluding hydrogens is 302 g/mol. The van der Waals surface area contributed by atoms with E-state index in [1.807, 2.05) is 48.5 Å². The van der Waals surface area contributed by atoms with Crippen molar-refractivity contribution in [3.05, 3.63) is 59.7 Å². The zero-order valence-corrected chi connectivity index (χ0v) is 13.4. The molecule has 0 amide bonds. The minimum absolute atomic E-state index is 0.374. The molecular formula is C16H19NO4S. The summed E-state index contributed by atoms with van der Waals surface area (Å²) in [5.41, 5.74) is 1.88. The van der Waals surface area contributed by atoms with Crippen LogP contribution in [0, 0.1) is 0 Å². The molecule has 0 spiro atoms. The van der Waals surface area contributed by atoms with Crippen molar-refractivity contribution in [3.63, 3.8) is 0 Å². The third-order valence-corrected chi connectivity index (χ3v) is 3.96. The molecule has 0 radical (unpaired) electrons. The molecule has 0 fully saturated rings. The van der Waals surface area contributed by atoms with Gasteiger partial charge in [-0.1, -0.05) is 24.3 Å². The van der Waals surface area contributed by atoms with Gasteiger partial charge in [-0.05, 0) is 35.4 Å². The predicted octanol–water partition coefficient (Wildman–Crippen LogP) is 2.84. The Labute approximate surface area is 132 Å². The lowest BCUT2D eigenvalue weighted by Gasteiger charge is -2.18. The van der Waals surface area contributed by atoms with E-state index >= 15 is 0 Å². The van der Waals surface area contributed by atoms with E-state index in [1.54, 1.807) is 14.2 Å². The summed E-state index contributed by atoms with van der Waals surface area (Å²) in [5.74, 6) is 1.52. The van der Waals surface area contributed by atoms with E-state index in [9.17, 15) is 8.76 Å². The van der Waals surface area contributed by atoms with E-state index in [1.165, 1.54) is 4.31 Å². The van der Waals surface area contributed by atoms with Gasteiger partial charge in [0.15, 0.2) is 0 Å². The average molecular weight is 321 g/mol. The Morgan fingerprint density at radius 2 is 1.23 bits per heavy atom. The number of hydrogen-bond acceptors (Lipinski definition) is 3. The van der Waals surface area contributed by atoms with Crippen LogP contribution in [0.3, 0.4) is 0 Å². The Morgan fingerprint density at radius 1 is 0.864 bits per heavy atom. The van der Waals surface area contributed by atoms with Crippen molar-refractivity contribution in [2.75, 3.05) is 14.2 Å². The molecule has 2 aromatic carbocycles. The molecule has 5 nitrogen and oxygen atoms in total. The molecule has 0 aromatic heterocycles. The Kier molecular flexibility index (Phi) is 5.94. The number of rotatable bonds is 7. The summed E-state index contributed by atoms with van der Waals surface area (Å²) in [6.07, 6.45) is 0. The van der Waals surface area contributed by atoms with Gasteiger partial charge < -0.3 is 9.47 Å². The van der Waals surface area contributed by atoms with Crippen LogP contribution in [0.15, 0.2) is 48.5 Å². The standard InChI is InChI=1S/C16H19NO4S/c1-20-15-7-3-13(4-8-15)11-17(22(18)19)12-14-5-9-16(21-2)10-6-14/h3-10H,11-12H2,1-2H3,(H,18,19). The molecule has 0 bridgehead atoms. The van der Waals surface area contributed by atoms with Crippen molar-refractivity contribution >= 4 is 11.3 Å². The van der Waals surface area contributed by atoms with Crippen LogP contribution in [-0.4, -0.2) is 27.3 Å². The first-order valence-electron chi connectivity index (χ1n) is 6.74. The van der Waals surface area contributed by atoms with Crippen LogP contribution < -0.4 is 9.47 Å². The molecule has 0 aliphatic carbocycles. The first-order valence-corrected chi connectivity index (χ1v) is 7.80. The van der Waals surface area contributed by atoms with E-state index in [0.29, 0.717) is 13.1 Å². The van der Waals surface area contributed by atoms with Crippen molar-refractivity contribution < 1.29 is 18.2 Å². The second kappa shape index (κ2) is 7.93. The van der Waals surface area contributed by atoms with Crippen LogP contribution in [0.1, 0.15) is 11.1 Å². The fourth-order valence-corrected chi connectivity index (χ4v) is 2.55. The maximum atomic E-state index is 11.5. The van der Waals surface area contributed by atoms with Gasteiger partial charge in [-0.2, -0.15) is 4.31 Å². The molecule has 2 aromatic rings. The zero-order valence-electron chi connectivity index (χ0n) is 12.6. The van der Waals surface area contributed by atoms with E-state index < -0.39 is 11.3 Å². The van der Waals surface area contributed by atoms with Gasteiger partial charge in [0.2, 0.25) is 11.3 Å². The van der Waals surface area contributed by atoms with Gasteiger partial charge >= 0.3 is 0 Å². The van der Waals surface area contributed by atoms with Crippen LogP contribution >= 0.6 is 0 Å². The Hall–Kier alpha value is -1.89. The summed E-state index contributed by atoms with van der Waals surface area (Å²) in [5, 5.41) is 0. The van der Waals surface area contributed by atoms with Crippen molar-refractivity contribution in [2.45, 2.75) is 13.1 Å². The Balaban J connectivity index is 2.06. The van der Waals surface area contributed by atoms with Gasteiger partial charge in [0.25, 0.3) is 0 Å². The van der Waals surface area contributed by atoms with Gasteiger partial charge in [-0.3, -0.25) is 4.55 Å². The molecule has 0 saturated heterocycles. The Morgan fingerprint density at radius 3 is 1.50 bits per heavy atom. The van der Waals surface area contributed by atoms with Crippen molar-refractivity contribution in [1.29, 1.82) is 0 Å². The lowest BCUT2D eigenvalue weighted by atomic mass is 10.2.